The summed E-state index contributed by atoms with van der Waals surface area (Å²) in [6.07, 6.45) is 13.0. The molecule has 0 fully saturated rings. The number of furan rings is 1. The minimum absolute atomic E-state index is 0.779. The molecule has 0 unspecified atom stereocenters. The number of nitrogens with zero attached hydrogens (tertiary/aromatic N) is 6. The van der Waals surface area contributed by atoms with E-state index >= 15 is 0 Å². The molecule has 7 nitrogen and oxygen atoms in total. The van der Waals surface area contributed by atoms with Gasteiger partial charge in [0.1, 0.15) is 16.7 Å². The molecule has 55 heavy (non-hydrogen) atoms. The number of benzene rings is 4. The third-order valence-corrected chi connectivity index (χ3v) is 10.3. The van der Waals surface area contributed by atoms with Gasteiger partial charge < -0.3 is 4.42 Å². The molecular weight excluding hydrogens is 677 g/mol. The highest BCUT2D eigenvalue weighted by Crippen LogP contribution is 2.41. The van der Waals surface area contributed by atoms with Gasteiger partial charge in [-0.15, -0.1) is 0 Å². The van der Waals surface area contributed by atoms with Crippen molar-refractivity contribution in [3.63, 3.8) is 0 Å². The summed E-state index contributed by atoms with van der Waals surface area (Å²) in [6.45, 7) is 0. The first kappa shape index (κ1) is 30.9. The third kappa shape index (κ3) is 5.21. The average Bonchev–Trinajstić information content (AvgIpc) is 3.65. The van der Waals surface area contributed by atoms with Crippen LogP contribution in [-0.2, 0) is 0 Å². The highest BCUT2D eigenvalue weighted by atomic mass is 16.3. The lowest BCUT2D eigenvalue weighted by Gasteiger charge is -2.13. The van der Waals surface area contributed by atoms with Gasteiger partial charge in [0.2, 0.25) is 0 Å². The molecule has 0 spiro atoms. The fraction of sp³-hybridized carbons (Fsp3) is 0. The smallest absolute Gasteiger partial charge is 0.145 e. The van der Waals surface area contributed by atoms with Crippen LogP contribution in [0.2, 0.25) is 0 Å². The van der Waals surface area contributed by atoms with Gasteiger partial charge in [-0.05, 0) is 71.1 Å². The van der Waals surface area contributed by atoms with Gasteiger partial charge in [-0.3, -0.25) is 19.9 Å². The van der Waals surface area contributed by atoms with Crippen LogP contribution in [0.15, 0.2) is 175 Å². The highest BCUT2D eigenvalue weighted by Gasteiger charge is 2.19. The van der Waals surface area contributed by atoms with Gasteiger partial charge in [0.15, 0.2) is 0 Å². The number of aromatic nitrogens is 6. The Morgan fingerprint density at radius 3 is 1.91 bits per heavy atom. The van der Waals surface area contributed by atoms with Crippen molar-refractivity contribution in [2.45, 2.75) is 0 Å². The summed E-state index contributed by atoms with van der Waals surface area (Å²) >= 11 is 0. The van der Waals surface area contributed by atoms with Crippen molar-refractivity contribution in [3.05, 3.63) is 171 Å². The standard InChI is InChI=1S/C48H28N6O/c1-2-10-36-31(7-1)24-51-28-40(36)35-23-43-47(52-27-35)45-39(18-17-38-37-11-3-4-12-44(37)55-48(38)45)46(54-43)30-15-13-29(14-16-30)34-21-41(32-8-5-19-49-25-32)53-42(22-34)33-9-6-20-50-26-33/h1-28H. The summed E-state index contributed by atoms with van der Waals surface area (Å²) in [5.74, 6) is 0. The summed E-state index contributed by atoms with van der Waals surface area (Å²) in [5, 5.41) is 6.22. The van der Waals surface area contributed by atoms with E-state index in [9.17, 15) is 0 Å². The first-order chi connectivity index (χ1) is 27.2. The van der Waals surface area contributed by atoms with E-state index in [1.54, 1.807) is 12.4 Å². The lowest BCUT2D eigenvalue weighted by atomic mass is 9.96. The molecule has 7 heteroatoms. The number of fused-ring (bicyclic) bond motifs is 8. The molecule has 7 heterocycles. The van der Waals surface area contributed by atoms with Crippen LogP contribution >= 0.6 is 0 Å². The molecule has 0 saturated heterocycles. The maximum atomic E-state index is 6.62. The van der Waals surface area contributed by atoms with E-state index in [0.29, 0.717) is 0 Å². The van der Waals surface area contributed by atoms with Gasteiger partial charge in [0.05, 0.1) is 28.0 Å². The maximum Gasteiger partial charge on any atom is 0.145 e. The molecule has 0 bridgehead atoms. The molecule has 0 aliphatic carbocycles. The molecule has 0 atom stereocenters. The van der Waals surface area contributed by atoms with Crippen molar-refractivity contribution in [2.75, 3.05) is 0 Å². The molecule has 0 amide bonds. The number of pyridine rings is 6. The van der Waals surface area contributed by atoms with Crippen LogP contribution in [0.1, 0.15) is 0 Å². The number of hydrogen-bond donors (Lipinski definition) is 0. The van der Waals surface area contributed by atoms with E-state index in [-0.39, 0.29) is 0 Å². The first-order valence-corrected chi connectivity index (χ1v) is 18.1. The minimum Gasteiger partial charge on any atom is -0.455 e. The SMILES string of the molecule is c1cncc(-c2cc(-c3ccc(-c4nc5cc(-c6cncc7ccccc67)cnc5c5c4ccc4c6ccccc6oc45)cc3)cc(-c3cccnc3)n2)c1. The Hall–Kier alpha value is -7.64. The Balaban J connectivity index is 1.11. The predicted octanol–water partition coefficient (Wildman–Crippen LogP) is 11.8. The lowest BCUT2D eigenvalue weighted by molar-refractivity contribution is 0.673. The Morgan fingerprint density at radius 1 is 0.436 bits per heavy atom. The van der Waals surface area contributed by atoms with E-state index < -0.39 is 0 Å². The van der Waals surface area contributed by atoms with Gasteiger partial charge in [-0.25, -0.2) is 9.97 Å². The number of rotatable bonds is 5. The molecule has 256 valence electrons. The normalized spacial score (nSPS) is 11.6. The second-order valence-corrected chi connectivity index (χ2v) is 13.6. The highest BCUT2D eigenvalue weighted by molar-refractivity contribution is 6.24. The van der Waals surface area contributed by atoms with E-state index in [0.717, 1.165) is 111 Å². The minimum atomic E-state index is 0.779. The Morgan fingerprint density at radius 2 is 1.15 bits per heavy atom. The van der Waals surface area contributed by atoms with Crippen LogP contribution in [0.5, 0.6) is 0 Å². The van der Waals surface area contributed by atoms with Crippen LogP contribution in [0, 0.1) is 0 Å². The van der Waals surface area contributed by atoms with Gasteiger partial charge in [-0.2, -0.15) is 0 Å². The van der Waals surface area contributed by atoms with Crippen LogP contribution in [0.3, 0.4) is 0 Å². The van der Waals surface area contributed by atoms with E-state index in [4.69, 9.17) is 19.4 Å². The van der Waals surface area contributed by atoms with Crippen molar-refractivity contribution in [1.29, 1.82) is 0 Å². The summed E-state index contributed by atoms with van der Waals surface area (Å²) in [7, 11) is 0. The number of para-hydroxylation sites is 1. The Labute approximate surface area is 314 Å². The zero-order chi connectivity index (χ0) is 36.3. The molecular formula is C48H28N6O. The monoisotopic (exact) mass is 704 g/mol. The van der Waals surface area contributed by atoms with Crippen LogP contribution in [-0.4, -0.2) is 29.9 Å². The van der Waals surface area contributed by atoms with Gasteiger partial charge in [0, 0.05) is 92.7 Å². The fourth-order valence-electron chi connectivity index (χ4n) is 7.69. The van der Waals surface area contributed by atoms with Gasteiger partial charge in [0.25, 0.3) is 0 Å². The second-order valence-electron chi connectivity index (χ2n) is 13.6. The summed E-state index contributed by atoms with van der Waals surface area (Å²) in [6, 6.07) is 43.6. The molecule has 0 saturated carbocycles. The average molecular weight is 705 g/mol. The summed E-state index contributed by atoms with van der Waals surface area (Å²) < 4.78 is 6.62. The third-order valence-electron chi connectivity index (χ3n) is 10.3. The van der Waals surface area contributed by atoms with Gasteiger partial charge in [-0.1, -0.05) is 72.8 Å². The zero-order valence-electron chi connectivity index (χ0n) is 29.3. The van der Waals surface area contributed by atoms with Crippen molar-refractivity contribution >= 4 is 54.5 Å². The van der Waals surface area contributed by atoms with Gasteiger partial charge >= 0.3 is 0 Å². The van der Waals surface area contributed by atoms with Crippen LogP contribution in [0.4, 0.5) is 0 Å². The Bertz CT molecular complexity index is 3190. The van der Waals surface area contributed by atoms with E-state index in [1.807, 2.05) is 79.5 Å². The fourth-order valence-corrected chi connectivity index (χ4v) is 7.69. The van der Waals surface area contributed by atoms with Crippen molar-refractivity contribution < 1.29 is 4.42 Å². The Kier molecular flexibility index (Phi) is 7.03. The molecule has 0 N–H and O–H groups in total. The molecule has 4 aromatic carbocycles. The largest absolute Gasteiger partial charge is 0.455 e. The maximum absolute atomic E-state index is 6.62. The summed E-state index contributed by atoms with van der Waals surface area (Å²) in [5.41, 5.74) is 12.7. The summed E-state index contributed by atoms with van der Waals surface area (Å²) in [4.78, 5) is 28.7. The molecule has 0 aliphatic rings. The molecule has 7 aromatic heterocycles. The molecule has 0 radical (unpaired) electrons. The van der Waals surface area contributed by atoms with E-state index in [2.05, 4.69) is 93.8 Å². The van der Waals surface area contributed by atoms with Crippen molar-refractivity contribution in [1.82, 2.24) is 29.9 Å². The van der Waals surface area contributed by atoms with E-state index in [1.165, 1.54) is 0 Å². The second kappa shape index (κ2) is 12.5. The topological polar surface area (TPSA) is 90.5 Å². The molecule has 0 aliphatic heterocycles. The van der Waals surface area contributed by atoms with Crippen LogP contribution < -0.4 is 0 Å². The first-order valence-electron chi connectivity index (χ1n) is 18.1. The lowest BCUT2D eigenvalue weighted by Crippen LogP contribution is -1.94. The van der Waals surface area contributed by atoms with Crippen LogP contribution in [0.25, 0.3) is 111 Å². The molecule has 11 rings (SSSR count). The van der Waals surface area contributed by atoms with Crippen molar-refractivity contribution in [2.24, 2.45) is 0 Å². The quantitative estimate of drug-likeness (QED) is 0.165. The predicted molar refractivity (Wildman–Crippen MR) is 220 cm³/mol. The van der Waals surface area contributed by atoms with Crippen molar-refractivity contribution in [3.8, 4) is 56.0 Å². The molecule has 11 aromatic rings. The number of hydrogen-bond acceptors (Lipinski definition) is 7. The zero-order valence-corrected chi connectivity index (χ0v) is 29.3.